The van der Waals surface area contributed by atoms with Gasteiger partial charge in [-0.05, 0) is 39.2 Å². The summed E-state index contributed by atoms with van der Waals surface area (Å²) in [6.07, 6.45) is 6.27. The summed E-state index contributed by atoms with van der Waals surface area (Å²) < 4.78 is 5.49. The maximum atomic E-state index is 9.50. The van der Waals surface area contributed by atoms with Gasteiger partial charge in [-0.25, -0.2) is 9.97 Å². The molecule has 6 nitrogen and oxygen atoms in total. The molecule has 2 fully saturated rings. The van der Waals surface area contributed by atoms with E-state index in [-0.39, 0.29) is 6.61 Å². The molecule has 0 amide bonds. The highest BCUT2D eigenvalue weighted by Crippen LogP contribution is 2.28. The Morgan fingerprint density at radius 2 is 2.05 bits per heavy atom. The Balaban J connectivity index is 1.68. The number of hydrogen-bond acceptors (Lipinski definition) is 6. The highest BCUT2D eigenvalue weighted by Gasteiger charge is 2.32. The summed E-state index contributed by atoms with van der Waals surface area (Å²) in [6.45, 7) is 6.00. The minimum atomic E-state index is 0.273. The van der Waals surface area contributed by atoms with Crippen molar-refractivity contribution in [3.8, 4) is 5.88 Å². The molecule has 122 valence electrons. The zero-order chi connectivity index (χ0) is 15.4. The molecule has 1 aromatic rings. The first kappa shape index (κ1) is 15.5. The Labute approximate surface area is 132 Å². The van der Waals surface area contributed by atoms with Crippen molar-refractivity contribution in [3.05, 3.63) is 12.4 Å². The number of aliphatic hydroxyl groups excluding tert-OH is 1. The van der Waals surface area contributed by atoms with Crippen LogP contribution in [0.15, 0.2) is 12.4 Å². The van der Waals surface area contributed by atoms with Gasteiger partial charge in [0, 0.05) is 31.2 Å². The Kier molecular flexibility index (Phi) is 5.10. The van der Waals surface area contributed by atoms with Gasteiger partial charge in [-0.1, -0.05) is 0 Å². The third-order valence-electron chi connectivity index (χ3n) is 4.75. The van der Waals surface area contributed by atoms with Gasteiger partial charge in [0.1, 0.15) is 12.1 Å². The third kappa shape index (κ3) is 3.33. The fraction of sp³-hybridized carbons (Fsp3) is 0.750. The summed E-state index contributed by atoms with van der Waals surface area (Å²) in [6, 6.07) is 2.75. The number of likely N-dealkylation sites (tertiary alicyclic amines) is 1. The summed E-state index contributed by atoms with van der Waals surface area (Å²) in [5, 5.41) is 9.50. The summed E-state index contributed by atoms with van der Waals surface area (Å²) in [4.78, 5) is 13.4. The molecule has 22 heavy (non-hydrogen) atoms. The number of hydrogen-bond donors (Lipinski definition) is 1. The largest absolute Gasteiger partial charge is 0.478 e. The molecule has 2 aliphatic rings. The number of aromatic nitrogens is 2. The van der Waals surface area contributed by atoms with Crippen LogP contribution in [0.5, 0.6) is 5.88 Å². The molecule has 3 heterocycles. The first-order chi connectivity index (χ1) is 10.8. The summed E-state index contributed by atoms with van der Waals surface area (Å²) >= 11 is 0. The van der Waals surface area contributed by atoms with Crippen LogP contribution >= 0.6 is 0 Å². The molecule has 0 bridgehead atoms. The van der Waals surface area contributed by atoms with E-state index in [2.05, 4.69) is 19.8 Å². The standard InChI is InChI=1S/C16H26N4O2/c1-2-22-16-9-15(17-12-18-16)20-8-4-5-13(20)10-19-7-3-6-14(19)11-21/h9,12-14,21H,2-8,10-11H2,1H3. The van der Waals surface area contributed by atoms with Crippen LogP contribution in [0, 0.1) is 0 Å². The molecular formula is C16H26N4O2. The number of ether oxygens (including phenoxy) is 1. The quantitative estimate of drug-likeness (QED) is 0.855. The normalized spacial score (nSPS) is 25.8. The molecule has 0 aromatic carbocycles. The minimum Gasteiger partial charge on any atom is -0.478 e. The SMILES string of the molecule is CCOc1cc(N2CCCC2CN2CCCC2CO)ncn1. The number of nitrogens with zero attached hydrogens (tertiary/aromatic N) is 4. The van der Waals surface area contributed by atoms with Crippen molar-refractivity contribution in [2.45, 2.75) is 44.7 Å². The second-order valence-electron chi connectivity index (χ2n) is 6.11. The lowest BCUT2D eigenvalue weighted by atomic mass is 10.2. The lowest BCUT2D eigenvalue weighted by Gasteiger charge is -2.31. The lowest BCUT2D eigenvalue weighted by molar-refractivity contribution is 0.153. The Morgan fingerprint density at radius 1 is 1.23 bits per heavy atom. The van der Waals surface area contributed by atoms with Crippen molar-refractivity contribution in [3.63, 3.8) is 0 Å². The molecule has 2 unspecified atom stereocenters. The molecule has 2 aliphatic heterocycles. The highest BCUT2D eigenvalue weighted by molar-refractivity contribution is 5.43. The smallest absolute Gasteiger partial charge is 0.218 e. The average Bonchev–Trinajstić information content (AvgIpc) is 3.17. The van der Waals surface area contributed by atoms with Gasteiger partial charge in [0.15, 0.2) is 0 Å². The van der Waals surface area contributed by atoms with E-state index in [4.69, 9.17) is 4.74 Å². The van der Waals surface area contributed by atoms with Crippen LogP contribution in [0.2, 0.25) is 0 Å². The molecule has 0 spiro atoms. The molecular weight excluding hydrogens is 280 g/mol. The molecule has 0 radical (unpaired) electrons. The van der Waals surface area contributed by atoms with E-state index < -0.39 is 0 Å². The number of aliphatic hydroxyl groups is 1. The average molecular weight is 306 g/mol. The summed E-state index contributed by atoms with van der Waals surface area (Å²) in [7, 11) is 0. The van der Waals surface area contributed by atoms with Crippen LogP contribution < -0.4 is 9.64 Å². The van der Waals surface area contributed by atoms with Crippen molar-refractivity contribution < 1.29 is 9.84 Å². The van der Waals surface area contributed by atoms with Crippen molar-refractivity contribution in [2.75, 3.05) is 37.7 Å². The van der Waals surface area contributed by atoms with E-state index in [1.54, 1.807) is 6.33 Å². The van der Waals surface area contributed by atoms with Crippen molar-refractivity contribution >= 4 is 5.82 Å². The monoisotopic (exact) mass is 306 g/mol. The van der Waals surface area contributed by atoms with Gasteiger partial charge in [0.2, 0.25) is 5.88 Å². The maximum absolute atomic E-state index is 9.50. The number of anilines is 1. The Morgan fingerprint density at radius 3 is 2.86 bits per heavy atom. The molecule has 1 aromatic heterocycles. The second-order valence-corrected chi connectivity index (χ2v) is 6.11. The van der Waals surface area contributed by atoms with E-state index in [0.717, 1.165) is 31.9 Å². The summed E-state index contributed by atoms with van der Waals surface area (Å²) in [5.41, 5.74) is 0. The second kappa shape index (κ2) is 7.24. The fourth-order valence-corrected chi connectivity index (χ4v) is 3.65. The van der Waals surface area contributed by atoms with Gasteiger partial charge in [-0.15, -0.1) is 0 Å². The van der Waals surface area contributed by atoms with Gasteiger partial charge >= 0.3 is 0 Å². The Bertz CT molecular complexity index is 485. The Hall–Kier alpha value is -1.40. The van der Waals surface area contributed by atoms with E-state index in [1.165, 1.54) is 19.3 Å². The van der Waals surface area contributed by atoms with E-state index in [9.17, 15) is 5.11 Å². The first-order valence-electron chi connectivity index (χ1n) is 8.38. The van der Waals surface area contributed by atoms with Crippen molar-refractivity contribution in [1.82, 2.24) is 14.9 Å². The molecule has 0 saturated carbocycles. The van der Waals surface area contributed by atoms with Gasteiger partial charge in [0.25, 0.3) is 0 Å². The van der Waals surface area contributed by atoms with Crippen LogP contribution in [-0.2, 0) is 0 Å². The van der Waals surface area contributed by atoms with Crippen LogP contribution in [-0.4, -0.2) is 64.9 Å². The zero-order valence-electron chi connectivity index (χ0n) is 13.3. The molecule has 2 saturated heterocycles. The van der Waals surface area contributed by atoms with Gasteiger partial charge in [-0.2, -0.15) is 0 Å². The van der Waals surface area contributed by atoms with Crippen LogP contribution in [0.1, 0.15) is 32.6 Å². The molecule has 1 N–H and O–H groups in total. The summed E-state index contributed by atoms with van der Waals surface area (Å²) in [5.74, 6) is 1.60. The van der Waals surface area contributed by atoms with Crippen LogP contribution in [0.4, 0.5) is 5.82 Å². The van der Waals surface area contributed by atoms with Gasteiger partial charge < -0.3 is 14.7 Å². The van der Waals surface area contributed by atoms with Gasteiger partial charge in [0.05, 0.1) is 13.2 Å². The topological polar surface area (TPSA) is 61.7 Å². The van der Waals surface area contributed by atoms with E-state index in [1.807, 2.05) is 13.0 Å². The van der Waals surface area contributed by atoms with E-state index >= 15 is 0 Å². The lowest BCUT2D eigenvalue weighted by Crippen LogP contribution is -2.43. The first-order valence-corrected chi connectivity index (χ1v) is 8.38. The molecule has 2 atom stereocenters. The van der Waals surface area contributed by atoms with Crippen LogP contribution in [0.25, 0.3) is 0 Å². The minimum absolute atomic E-state index is 0.273. The molecule has 6 heteroatoms. The van der Waals surface area contributed by atoms with E-state index in [0.29, 0.717) is 24.6 Å². The predicted octanol–water partition coefficient (Wildman–Crippen LogP) is 1.30. The van der Waals surface area contributed by atoms with Crippen molar-refractivity contribution in [2.24, 2.45) is 0 Å². The number of rotatable bonds is 6. The molecule has 3 rings (SSSR count). The van der Waals surface area contributed by atoms with Crippen molar-refractivity contribution in [1.29, 1.82) is 0 Å². The maximum Gasteiger partial charge on any atom is 0.218 e. The zero-order valence-corrected chi connectivity index (χ0v) is 13.3. The predicted molar refractivity (Wildman–Crippen MR) is 85.2 cm³/mol. The highest BCUT2D eigenvalue weighted by atomic mass is 16.5. The third-order valence-corrected chi connectivity index (χ3v) is 4.75. The van der Waals surface area contributed by atoms with Gasteiger partial charge in [-0.3, -0.25) is 4.90 Å². The van der Waals surface area contributed by atoms with Crippen LogP contribution in [0.3, 0.4) is 0 Å². The fourth-order valence-electron chi connectivity index (χ4n) is 3.65. The molecule has 0 aliphatic carbocycles.